The zero-order chi connectivity index (χ0) is 41.3. The molecule has 2 saturated carbocycles. The van der Waals surface area contributed by atoms with Crippen molar-refractivity contribution in [3.8, 4) is 34.6 Å². The Bertz CT molecular complexity index is 1950. The summed E-state index contributed by atoms with van der Waals surface area (Å²) in [6.45, 7) is 5.29. The number of hydrogen-bond acceptors (Lipinski definition) is 10. The topological polar surface area (TPSA) is 161 Å². The van der Waals surface area contributed by atoms with Gasteiger partial charge in [0.05, 0.1) is 26.1 Å². The third-order valence-electron chi connectivity index (χ3n) is 11.5. The van der Waals surface area contributed by atoms with Crippen LogP contribution in [0.15, 0.2) is 48.5 Å². The van der Waals surface area contributed by atoms with Crippen LogP contribution >= 0.6 is 23.2 Å². The van der Waals surface area contributed by atoms with E-state index in [-0.39, 0.29) is 37.1 Å². The van der Waals surface area contributed by atoms with E-state index < -0.39 is 23.8 Å². The zero-order valence-electron chi connectivity index (χ0n) is 33.4. The van der Waals surface area contributed by atoms with E-state index in [4.69, 9.17) is 42.1 Å². The quantitative estimate of drug-likeness (QED) is 0.0802. The molecule has 12 nitrogen and oxygen atoms in total. The number of carboxylic acid groups (broad SMARTS) is 2. The first-order valence-corrected chi connectivity index (χ1v) is 20.6. The summed E-state index contributed by atoms with van der Waals surface area (Å²) in [6.07, 6.45) is 6.74. The summed E-state index contributed by atoms with van der Waals surface area (Å²) in [7, 11) is 3.07. The van der Waals surface area contributed by atoms with Crippen LogP contribution in [0.25, 0.3) is 11.1 Å². The van der Waals surface area contributed by atoms with E-state index in [9.17, 15) is 19.8 Å². The molecule has 2 aliphatic carbocycles. The fourth-order valence-electron chi connectivity index (χ4n) is 8.18. The Morgan fingerprint density at radius 1 is 0.638 bits per heavy atom. The van der Waals surface area contributed by atoms with Crippen molar-refractivity contribution in [2.45, 2.75) is 104 Å². The fourth-order valence-corrected chi connectivity index (χ4v) is 8.63. The van der Waals surface area contributed by atoms with Crippen LogP contribution in [0.1, 0.15) is 84.7 Å². The molecular weight excluding hydrogens is 783 g/mol. The molecule has 2 aromatic carbocycles. The molecule has 0 radical (unpaired) electrons. The lowest BCUT2D eigenvalue weighted by molar-refractivity contribution is -0.144. The number of carboxylic acids is 2. The van der Waals surface area contributed by atoms with Crippen molar-refractivity contribution in [1.82, 2.24) is 20.6 Å². The molecule has 0 unspecified atom stereocenters. The van der Waals surface area contributed by atoms with Crippen molar-refractivity contribution >= 4 is 35.1 Å². The number of benzene rings is 2. The molecule has 4 aromatic rings. The van der Waals surface area contributed by atoms with Gasteiger partial charge < -0.3 is 39.8 Å². The second-order valence-corrected chi connectivity index (χ2v) is 15.9. The lowest BCUT2D eigenvalue weighted by Gasteiger charge is -2.29. The smallest absolute Gasteiger partial charge is 0.308 e. The molecule has 4 atom stereocenters. The first-order valence-electron chi connectivity index (χ1n) is 19.8. The van der Waals surface area contributed by atoms with Gasteiger partial charge in [0, 0.05) is 36.3 Å². The van der Waals surface area contributed by atoms with Crippen LogP contribution in [0.5, 0.6) is 23.5 Å². The van der Waals surface area contributed by atoms with E-state index in [0.29, 0.717) is 47.7 Å². The van der Waals surface area contributed by atoms with Crippen LogP contribution in [-0.2, 0) is 35.9 Å². The molecule has 58 heavy (non-hydrogen) atoms. The number of halogens is 2. The molecule has 0 bridgehead atoms. The van der Waals surface area contributed by atoms with Crippen molar-refractivity contribution in [3.63, 3.8) is 0 Å². The fraction of sp³-hybridized carbons (Fsp3) is 0.455. The van der Waals surface area contributed by atoms with Crippen LogP contribution < -0.4 is 29.6 Å². The van der Waals surface area contributed by atoms with E-state index in [0.717, 1.165) is 83.0 Å². The van der Waals surface area contributed by atoms with Crippen LogP contribution in [0.3, 0.4) is 0 Å². The highest BCUT2D eigenvalue weighted by molar-refractivity contribution is 6.32. The Kier molecular flexibility index (Phi) is 14.7. The highest BCUT2D eigenvalue weighted by atomic mass is 35.5. The van der Waals surface area contributed by atoms with Gasteiger partial charge in [-0.15, -0.1) is 0 Å². The van der Waals surface area contributed by atoms with Crippen molar-refractivity contribution in [3.05, 3.63) is 92.0 Å². The summed E-state index contributed by atoms with van der Waals surface area (Å²) in [6, 6.07) is 15.4. The minimum Gasteiger partial charge on any atom is -0.481 e. The Morgan fingerprint density at radius 2 is 1.03 bits per heavy atom. The van der Waals surface area contributed by atoms with E-state index in [1.165, 1.54) is 14.2 Å². The maximum Gasteiger partial charge on any atom is 0.308 e. The average molecular weight is 836 g/mol. The van der Waals surface area contributed by atoms with Gasteiger partial charge in [0.15, 0.2) is 0 Å². The van der Waals surface area contributed by atoms with Gasteiger partial charge >= 0.3 is 11.9 Å². The molecule has 2 fully saturated rings. The second-order valence-electron chi connectivity index (χ2n) is 15.1. The molecule has 0 saturated heterocycles. The number of aliphatic carboxylic acids is 2. The van der Waals surface area contributed by atoms with Crippen molar-refractivity contribution in [2.24, 2.45) is 11.8 Å². The molecule has 0 spiro atoms. The Morgan fingerprint density at radius 3 is 1.41 bits per heavy atom. The van der Waals surface area contributed by atoms with Gasteiger partial charge in [-0.2, -0.15) is 9.97 Å². The third-order valence-corrected chi connectivity index (χ3v) is 12.1. The molecule has 310 valence electrons. The number of nitrogens with one attached hydrogen (secondary N) is 2. The highest BCUT2D eigenvalue weighted by Crippen LogP contribution is 2.35. The lowest BCUT2D eigenvalue weighted by atomic mass is 9.84. The van der Waals surface area contributed by atoms with Gasteiger partial charge in [0.2, 0.25) is 23.5 Å². The number of aromatic nitrogens is 2. The predicted molar refractivity (Wildman–Crippen MR) is 222 cm³/mol. The van der Waals surface area contributed by atoms with Crippen molar-refractivity contribution < 1.29 is 38.7 Å². The van der Waals surface area contributed by atoms with Crippen LogP contribution in [0.4, 0.5) is 0 Å². The van der Waals surface area contributed by atoms with Gasteiger partial charge in [0.25, 0.3) is 0 Å². The molecule has 0 aliphatic heterocycles. The maximum absolute atomic E-state index is 11.8. The summed E-state index contributed by atoms with van der Waals surface area (Å²) in [5.74, 6) is -1.19. The molecule has 0 amide bonds. The number of pyridine rings is 2. The van der Waals surface area contributed by atoms with Crippen LogP contribution in [0.2, 0.25) is 10.0 Å². The van der Waals surface area contributed by atoms with E-state index in [1.54, 1.807) is 12.1 Å². The molecular formula is C44H52Cl2N4O8. The van der Waals surface area contributed by atoms with Gasteiger partial charge in [-0.1, -0.05) is 85.3 Å². The average Bonchev–Trinajstić information content (AvgIpc) is 3.22. The number of ether oxygens (including phenoxy) is 4. The maximum atomic E-state index is 11.8. The molecule has 2 aliphatic rings. The van der Waals surface area contributed by atoms with Crippen molar-refractivity contribution in [1.29, 1.82) is 0 Å². The molecule has 4 N–H and O–H groups in total. The summed E-state index contributed by atoms with van der Waals surface area (Å²) in [5, 5.41) is 26.8. The summed E-state index contributed by atoms with van der Waals surface area (Å²) in [5.41, 5.74) is 7.51. The first-order chi connectivity index (χ1) is 28.0. The number of rotatable bonds is 17. The lowest BCUT2D eigenvalue weighted by Crippen LogP contribution is -2.41. The largest absolute Gasteiger partial charge is 0.481 e. The monoisotopic (exact) mass is 834 g/mol. The van der Waals surface area contributed by atoms with E-state index >= 15 is 0 Å². The van der Waals surface area contributed by atoms with Gasteiger partial charge in [0.1, 0.15) is 23.3 Å². The first kappa shape index (κ1) is 43.0. The highest BCUT2D eigenvalue weighted by Gasteiger charge is 2.32. The zero-order valence-corrected chi connectivity index (χ0v) is 34.9. The summed E-state index contributed by atoms with van der Waals surface area (Å²) in [4.78, 5) is 32.7. The molecule has 2 heterocycles. The number of carbonyl (C=O) groups is 2. The van der Waals surface area contributed by atoms with E-state index in [2.05, 4.69) is 46.6 Å². The van der Waals surface area contributed by atoms with Gasteiger partial charge in [-0.25, -0.2) is 0 Å². The van der Waals surface area contributed by atoms with Gasteiger partial charge in [-0.3, -0.25) is 9.59 Å². The second kappa shape index (κ2) is 19.9. The van der Waals surface area contributed by atoms with Crippen LogP contribution in [0, 0.1) is 25.7 Å². The number of methoxy groups -OCH3 is 2. The van der Waals surface area contributed by atoms with E-state index in [1.807, 2.05) is 24.3 Å². The minimum absolute atomic E-state index is 0.132. The minimum atomic E-state index is -0.776. The van der Waals surface area contributed by atoms with Crippen LogP contribution in [-0.4, -0.2) is 58.4 Å². The normalized spacial score (nSPS) is 19.3. The predicted octanol–water partition coefficient (Wildman–Crippen LogP) is 8.71. The van der Waals surface area contributed by atoms with Crippen molar-refractivity contribution in [2.75, 3.05) is 14.2 Å². The summed E-state index contributed by atoms with van der Waals surface area (Å²) < 4.78 is 23.5. The Balaban J connectivity index is 1.11. The Hall–Kier alpha value is -4.62. The molecule has 6 rings (SSSR count). The Labute approximate surface area is 349 Å². The number of hydrogen-bond donors (Lipinski definition) is 4. The summed E-state index contributed by atoms with van der Waals surface area (Å²) >= 11 is 13.4. The molecule has 14 heteroatoms. The molecule has 2 aromatic heterocycles. The third kappa shape index (κ3) is 10.1. The SMILES string of the molecule is COc1nc(OCc2cccc(-c3cccc(COc4nc(OC)c(CN[C@H]5CCCC[C@@H]5C(=O)O)cc4Cl)c3C)c2C)c(Cl)cc1CN[C@H]1CCCC[C@@H]1C(=O)O. The van der Waals surface area contributed by atoms with Gasteiger partial charge in [-0.05, 0) is 85.0 Å². The standard InChI is InChI=1S/C44H52Cl2N4O8/c1-25-27(23-57-41-35(45)19-29(39(49-41)55-3)21-47-37-17-7-5-13-33(37)43(51)52)11-9-15-31(25)32-16-10-12-28(26(32)2)24-58-42-36(46)20-30(40(50-42)56-4)22-48-38-18-8-6-14-34(38)44(53)54/h9-12,15-16,19-20,33-34,37-38,47-48H,5-8,13-14,17-18,21-24H2,1-4H3,(H,51,52)(H,53,54)/t33-,34-,37-,38-/m0/s1. The number of nitrogens with zero attached hydrogens (tertiary/aromatic N) is 2.